The van der Waals surface area contributed by atoms with Crippen LogP contribution in [-0.4, -0.2) is 23.6 Å². The Morgan fingerprint density at radius 3 is 3.00 bits per heavy atom. The van der Waals surface area contributed by atoms with Crippen molar-refractivity contribution in [3.8, 4) is 0 Å². The minimum atomic E-state index is 0.0891. The second kappa shape index (κ2) is 2.12. The Kier molecular flexibility index (Phi) is 1.46. The summed E-state index contributed by atoms with van der Waals surface area (Å²) in [6.07, 6.45) is 1.38. The van der Waals surface area contributed by atoms with Gasteiger partial charge in [-0.25, -0.2) is 0 Å². The van der Waals surface area contributed by atoms with E-state index in [0.29, 0.717) is 0 Å². The van der Waals surface area contributed by atoms with Crippen LogP contribution in [0.5, 0.6) is 0 Å². The molecule has 2 nitrogen and oxygen atoms in total. The van der Waals surface area contributed by atoms with Crippen LogP contribution in [0.15, 0.2) is 4.99 Å². The number of hydrogen-bond acceptors (Lipinski definition) is 3. The van der Waals surface area contributed by atoms with Gasteiger partial charge in [0.05, 0.1) is 6.21 Å². The second-order valence-corrected chi connectivity index (χ2v) is 2.30. The molecule has 38 valence electrons. The topological polar surface area (TPSA) is 29.4 Å². The average molecular weight is 115 g/mol. The van der Waals surface area contributed by atoms with Crippen LogP contribution in [0.25, 0.3) is 0 Å². The fourth-order valence-corrected chi connectivity index (χ4v) is 0.922. The molecular formula is C4H5NOS. The predicted octanol–water partition coefficient (Wildman–Crippen LogP) is 0.331. The molecule has 3 heteroatoms. The quantitative estimate of drug-likeness (QED) is 0.455. The monoisotopic (exact) mass is 115 g/mol. The first-order valence-corrected chi connectivity index (χ1v) is 3.05. The smallest absolute Gasteiger partial charge is 0.229 e. The van der Waals surface area contributed by atoms with E-state index in [-0.39, 0.29) is 5.12 Å². The molecule has 0 spiro atoms. The van der Waals surface area contributed by atoms with Gasteiger partial charge in [0.15, 0.2) is 0 Å². The van der Waals surface area contributed by atoms with Gasteiger partial charge < -0.3 is 0 Å². The first-order valence-electron chi connectivity index (χ1n) is 2.06. The molecule has 0 aromatic carbocycles. The molecule has 0 saturated heterocycles. The number of carbonyl (C=O) groups excluding carboxylic acids is 1. The molecule has 0 atom stereocenters. The normalized spacial score (nSPS) is 20.3. The Labute approximate surface area is 46.0 Å². The van der Waals surface area contributed by atoms with Crippen molar-refractivity contribution in [2.75, 3.05) is 12.3 Å². The summed E-state index contributed by atoms with van der Waals surface area (Å²) in [5.41, 5.74) is 0. The van der Waals surface area contributed by atoms with Gasteiger partial charge in [-0.3, -0.25) is 9.79 Å². The summed E-state index contributed by atoms with van der Waals surface area (Å²) >= 11 is 1.33. The lowest BCUT2D eigenvalue weighted by molar-refractivity contribution is -0.105. The van der Waals surface area contributed by atoms with Crippen LogP contribution in [0, 0.1) is 0 Å². The molecule has 0 fully saturated rings. The summed E-state index contributed by atoms with van der Waals surface area (Å²) in [5.74, 6) is 0.856. The summed E-state index contributed by atoms with van der Waals surface area (Å²) in [6.45, 7) is 0.802. The molecule has 0 bridgehead atoms. The van der Waals surface area contributed by atoms with Gasteiger partial charge in [0.2, 0.25) is 5.12 Å². The molecule has 0 radical (unpaired) electrons. The van der Waals surface area contributed by atoms with Crippen molar-refractivity contribution in [2.45, 2.75) is 0 Å². The SMILES string of the molecule is O=C1C=NCCS1. The van der Waals surface area contributed by atoms with Gasteiger partial charge in [0.25, 0.3) is 0 Å². The van der Waals surface area contributed by atoms with Crippen LogP contribution in [-0.2, 0) is 4.79 Å². The van der Waals surface area contributed by atoms with E-state index in [2.05, 4.69) is 4.99 Å². The average Bonchev–Trinajstić information content (AvgIpc) is 1.69. The van der Waals surface area contributed by atoms with Crippen molar-refractivity contribution in [3.05, 3.63) is 0 Å². The molecule has 0 N–H and O–H groups in total. The maximum atomic E-state index is 10.3. The highest BCUT2D eigenvalue weighted by Crippen LogP contribution is 2.02. The standard InChI is InChI=1S/C4H5NOS/c6-4-3-5-1-2-7-4/h3H,1-2H2. The lowest BCUT2D eigenvalue weighted by Gasteiger charge is -1.96. The van der Waals surface area contributed by atoms with Crippen molar-refractivity contribution in [1.82, 2.24) is 0 Å². The molecule has 0 aromatic rings. The van der Waals surface area contributed by atoms with Crippen LogP contribution >= 0.6 is 11.8 Å². The Morgan fingerprint density at radius 2 is 2.71 bits per heavy atom. The number of rotatable bonds is 0. The first kappa shape index (κ1) is 4.84. The summed E-state index contributed by atoms with van der Waals surface area (Å²) in [6, 6.07) is 0. The zero-order chi connectivity index (χ0) is 5.11. The Hall–Kier alpha value is -0.310. The summed E-state index contributed by atoms with van der Waals surface area (Å²) in [4.78, 5) is 14.0. The molecule has 0 saturated carbocycles. The lowest BCUT2D eigenvalue weighted by Crippen LogP contribution is -2.03. The van der Waals surface area contributed by atoms with Gasteiger partial charge in [-0.15, -0.1) is 0 Å². The van der Waals surface area contributed by atoms with E-state index in [0.717, 1.165) is 12.3 Å². The largest absolute Gasteiger partial charge is 0.288 e. The Bertz CT molecular complexity index is 110. The maximum Gasteiger partial charge on any atom is 0.229 e. The van der Waals surface area contributed by atoms with Gasteiger partial charge in [0, 0.05) is 12.3 Å². The third kappa shape index (κ3) is 1.31. The van der Waals surface area contributed by atoms with E-state index in [1.165, 1.54) is 18.0 Å². The van der Waals surface area contributed by atoms with Crippen molar-refractivity contribution in [2.24, 2.45) is 4.99 Å². The number of carbonyl (C=O) groups is 1. The van der Waals surface area contributed by atoms with Gasteiger partial charge in [-0.05, 0) is 0 Å². The maximum absolute atomic E-state index is 10.3. The number of aliphatic imine (C=N–C) groups is 1. The summed E-state index contributed by atoms with van der Waals surface area (Å²) < 4.78 is 0. The van der Waals surface area contributed by atoms with E-state index in [4.69, 9.17) is 0 Å². The van der Waals surface area contributed by atoms with E-state index in [9.17, 15) is 4.79 Å². The van der Waals surface area contributed by atoms with Crippen molar-refractivity contribution < 1.29 is 4.79 Å². The highest BCUT2D eigenvalue weighted by molar-refractivity contribution is 8.15. The minimum absolute atomic E-state index is 0.0891. The fourth-order valence-electron chi connectivity index (χ4n) is 0.375. The number of nitrogens with zero attached hydrogens (tertiary/aromatic N) is 1. The first-order chi connectivity index (χ1) is 3.39. The van der Waals surface area contributed by atoms with Crippen LogP contribution in [0.1, 0.15) is 0 Å². The predicted molar refractivity (Wildman–Crippen MR) is 30.8 cm³/mol. The highest BCUT2D eigenvalue weighted by atomic mass is 32.2. The summed E-state index contributed by atoms with van der Waals surface area (Å²) in [5, 5.41) is 0.0891. The Balaban J connectivity index is 2.51. The lowest BCUT2D eigenvalue weighted by atomic mass is 10.7. The zero-order valence-electron chi connectivity index (χ0n) is 3.76. The molecule has 0 aromatic heterocycles. The van der Waals surface area contributed by atoms with E-state index >= 15 is 0 Å². The van der Waals surface area contributed by atoms with Crippen molar-refractivity contribution in [1.29, 1.82) is 0 Å². The van der Waals surface area contributed by atoms with Crippen LogP contribution in [0.4, 0.5) is 0 Å². The minimum Gasteiger partial charge on any atom is -0.288 e. The van der Waals surface area contributed by atoms with Crippen LogP contribution in [0.2, 0.25) is 0 Å². The molecule has 1 aliphatic heterocycles. The Morgan fingerprint density at radius 1 is 1.86 bits per heavy atom. The molecule has 0 unspecified atom stereocenters. The third-order valence-electron chi connectivity index (χ3n) is 0.661. The van der Waals surface area contributed by atoms with Crippen molar-refractivity contribution in [3.63, 3.8) is 0 Å². The van der Waals surface area contributed by atoms with E-state index in [1.54, 1.807) is 0 Å². The highest BCUT2D eigenvalue weighted by Gasteiger charge is 2.00. The van der Waals surface area contributed by atoms with Crippen LogP contribution < -0.4 is 0 Å². The van der Waals surface area contributed by atoms with E-state index < -0.39 is 0 Å². The van der Waals surface area contributed by atoms with Gasteiger partial charge >= 0.3 is 0 Å². The van der Waals surface area contributed by atoms with E-state index in [1.807, 2.05) is 0 Å². The zero-order valence-corrected chi connectivity index (χ0v) is 4.57. The second-order valence-electron chi connectivity index (χ2n) is 1.20. The third-order valence-corrected chi connectivity index (χ3v) is 1.44. The molecular weight excluding hydrogens is 110 g/mol. The van der Waals surface area contributed by atoms with Crippen molar-refractivity contribution >= 4 is 23.1 Å². The van der Waals surface area contributed by atoms with Gasteiger partial charge in [0.1, 0.15) is 0 Å². The molecule has 1 aliphatic rings. The molecule has 1 rings (SSSR count). The fraction of sp³-hybridized carbons (Fsp3) is 0.500. The van der Waals surface area contributed by atoms with Gasteiger partial charge in [-0.1, -0.05) is 11.8 Å². The molecule has 7 heavy (non-hydrogen) atoms. The molecule has 0 amide bonds. The van der Waals surface area contributed by atoms with Gasteiger partial charge in [-0.2, -0.15) is 0 Å². The molecule has 1 heterocycles. The summed E-state index contributed by atoms with van der Waals surface area (Å²) in [7, 11) is 0. The number of thioether (sulfide) groups is 1. The number of hydrogen-bond donors (Lipinski definition) is 0. The van der Waals surface area contributed by atoms with Crippen LogP contribution in [0.3, 0.4) is 0 Å². The molecule has 0 aliphatic carbocycles.